The van der Waals surface area contributed by atoms with E-state index in [4.69, 9.17) is 22.0 Å². The van der Waals surface area contributed by atoms with E-state index in [1.165, 1.54) is 12.1 Å². The number of hydrogen-bond donors (Lipinski definition) is 2. The lowest BCUT2D eigenvalue weighted by molar-refractivity contribution is 0.282. The number of anilines is 1. The molecule has 0 saturated carbocycles. The topological polar surface area (TPSA) is 56.0 Å². The molecule has 5 heteroatoms. The van der Waals surface area contributed by atoms with Gasteiger partial charge in [-0.05, 0) is 35.4 Å². The molecule has 2 rings (SSSR count). The van der Waals surface area contributed by atoms with Crippen molar-refractivity contribution in [3.05, 3.63) is 63.9 Å². The first kappa shape index (κ1) is 14.3. The summed E-state index contributed by atoms with van der Waals surface area (Å²) in [6, 6.07) is 11.3. The smallest absolute Gasteiger partial charge is 0.140 e. The van der Waals surface area contributed by atoms with Crippen molar-refractivity contribution in [1.82, 2.24) is 0 Å². The Morgan fingerprint density at radius 3 is 2.65 bits per heavy atom. The number of rotatable bonds is 4. The summed E-state index contributed by atoms with van der Waals surface area (Å²) in [5.74, 6) is -0.531. The molecule has 0 fully saturated rings. The summed E-state index contributed by atoms with van der Waals surface area (Å²) in [5, 5.41) is 21.5. The van der Waals surface area contributed by atoms with Crippen LogP contribution >= 0.6 is 11.6 Å². The molecule has 0 aromatic heterocycles. The molecule has 0 unspecified atom stereocenters. The number of nitrogens with one attached hydrogen (secondary N) is 1. The van der Waals surface area contributed by atoms with Crippen molar-refractivity contribution in [2.75, 3.05) is 5.32 Å². The van der Waals surface area contributed by atoms with Crippen LogP contribution in [-0.2, 0) is 13.2 Å². The van der Waals surface area contributed by atoms with Crippen LogP contribution in [0.2, 0.25) is 5.02 Å². The zero-order valence-corrected chi connectivity index (χ0v) is 11.3. The van der Waals surface area contributed by atoms with Gasteiger partial charge in [0.05, 0.1) is 22.9 Å². The summed E-state index contributed by atoms with van der Waals surface area (Å²) in [6.07, 6.45) is 0. The summed E-state index contributed by atoms with van der Waals surface area (Å²) in [7, 11) is 0. The van der Waals surface area contributed by atoms with Crippen LogP contribution in [0.5, 0.6) is 0 Å². The van der Waals surface area contributed by atoms with Crippen LogP contribution in [0, 0.1) is 17.1 Å². The Hall–Kier alpha value is -2.09. The molecular weight excluding hydrogens is 279 g/mol. The summed E-state index contributed by atoms with van der Waals surface area (Å²) in [4.78, 5) is 0. The predicted octanol–water partition coefficient (Wildman–Crippen LogP) is 3.46. The Labute approximate surface area is 121 Å². The Morgan fingerprint density at radius 2 is 1.95 bits per heavy atom. The van der Waals surface area contributed by atoms with Crippen molar-refractivity contribution in [3.63, 3.8) is 0 Å². The van der Waals surface area contributed by atoms with Gasteiger partial charge in [-0.1, -0.05) is 23.7 Å². The highest BCUT2D eigenvalue weighted by Gasteiger charge is 2.05. The molecule has 0 aliphatic rings. The Morgan fingerprint density at radius 1 is 1.20 bits per heavy atom. The summed E-state index contributed by atoms with van der Waals surface area (Å²) in [5.41, 5.74) is 2.21. The predicted molar refractivity (Wildman–Crippen MR) is 75.8 cm³/mol. The lowest BCUT2D eigenvalue weighted by atomic mass is 10.1. The van der Waals surface area contributed by atoms with E-state index in [-0.39, 0.29) is 12.2 Å². The number of benzene rings is 2. The fourth-order valence-corrected chi connectivity index (χ4v) is 1.96. The number of hydrogen-bond acceptors (Lipinski definition) is 3. The maximum atomic E-state index is 13.2. The average Bonchev–Trinajstić information content (AvgIpc) is 2.47. The minimum absolute atomic E-state index is 0.0134. The van der Waals surface area contributed by atoms with Crippen molar-refractivity contribution >= 4 is 17.3 Å². The molecule has 0 amide bonds. The Kier molecular flexibility index (Phi) is 4.57. The highest BCUT2D eigenvalue weighted by Crippen LogP contribution is 2.24. The summed E-state index contributed by atoms with van der Waals surface area (Å²) < 4.78 is 13.2. The molecule has 3 nitrogen and oxygen atoms in total. The number of aliphatic hydroxyl groups is 1. The second kappa shape index (κ2) is 6.38. The van der Waals surface area contributed by atoms with Crippen LogP contribution in [0.3, 0.4) is 0 Å². The van der Waals surface area contributed by atoms with Crippen molar-refractivity contribution in [2.45, 2.75) is 13.2 Å². The van der Waals surface area contributed by atoms with Crippen LogP contribution in [0.1, 0.15) is 16.7 Å². The first-order chi connectivity index (χ1) is 9.63. The Balaban J connectivity index is 2.15. The van der Waals surface area contributed by atoms with Gasteiger partial charge < -0.3 is 10.4 Å². The lowest BCUT2D eigenvalue weighted by Gasteiger charge is -2.10. The van der Waals surface area contributed by atoms with Gasteiger partial charge in [-0.3, -0.25) is 0 Å². The van der Waals surface area contributed by atoms with Crippen LogP contribution in [0.15, 0.2) is 36.4 Å². The molecule has 2 aromatic carbocycles. The summed E-state index contributed by atoms with van der Waals surface area (Å²) >= 11 is 6.05. The molecule has 0 radical (unpaired) electrons. The van der Waals surface area contributed by atoms with Gasteiger partial charge in [-0.15, -0.1) is 0 Å². The zero-order chi connectivity index (χ0) is 14.5. The SMILES string of the molecule is N#Cc1cc(CNc2cc(CO)ccc2Cl)ccc1F. The molecule has 0 spiro atoms. The number of halogens is 2. The summed E-state index contributed by atoms with van der Waals surface area (Å²) in [6.45, 7) is 0.338. The van der Waals surface area contributed by atoms with Crippen LogP contribution in [0.4, 0.5) is 10.1 Å². The molecule has 0 atom stereocenters. The average molecular weight is 291 g/mol. The van der Waals surface area contributed by atoms with E-state index in [1.807, 2.05) is 0 Å². The largest absolute Gasteiger partial charge is 0.392 e. The van der Waals surface area contributed by atoms with E-state index >= 15 is 0 Å². The van der Waals surface area contributed by atoms with Crippen molar-refractivity contribution in [3.8, 4) is 6.07 Å². The van der Waals surface area contributed by atoms with Crippen molar-refractivity contribution in [2.24, 2.45) is 0 Å². The van der Waals surface area contributed by atoms with E-state index in [0.717, 1.165) is 11.1 Å². The molecule has 0 heterocycles. The van der Waals surface area contributed by atoms with E-state index in [1.54, 1.807) is 30.3 Å². The molecule has 0 saturated heterocycles. The third-order valence-electron chi connectivity index (χ3n) is 2.85. The van der Waals surface area contributed by atoms with Crippen molar-refractivity contribution in [1.29, 1.82) is 5.26 Å². The molecular formula is C15H12ClFN2O. The van der Waals surface area contributed by atoms with E-state index in [2.05, 4.69) is 5.32 Å². The van der Waals surface area contributed by atoms with Gasteiger partial charge in [-0.2, -0.15) is 5.26 Å². The maximum Gasteiger partial charge on any atom is 0.140 e. The molecule has 0 aliphatic heterocycles. The molecule has 2 N–H and O–H groups in total. The third-order valence-corrected chi connectivity index (χ3v) is 3.18. The number of nitriles is 1. The normalized spacial score (nSPS) is 10.1. The maximum absolute atomic E-state index is 13.2. The first-order valence-corrected chi connectivity index (χ1v) is 6.33. The molecule has 102 valence electrons. The zero-order valence-electron chi connectivity index (χ0n) is 10.5. The molecule has 0 bridgehead atoms. The molecule has 20 heavy (non-hydrogen) atoms. The van der Waals surface area contributed by atoms with Gasteiger partial charge in [-0.25, -0.2) is 4.39 Å². The van der Waals surface area contributed by atoms with Gasteiger partial charge in [0, 0.05) is 6.54 Å². The number of aliphatic hydroxyl groups excluding tert-OH is 1. The van der Waals surface area contributed by atoms with Gasteiger partial charge in [0.25, 0.3) is 0 Å². The third kappa shape index (κ3) is 3.27. The minimum atomic E-state index is -0.531. The minimum Gasteiger partial charge on any atom is -0.392 e. The van der Waals surface area contributed by atoms with Gasteiger partial charge in [0.1, 0.15) is 11.9 Å². The molecule has 2 aromatic rings. The fraction of sp³-hybridized carbons (Fsp3) is 0.133. The quantitative estimate of drug-likeness (QED) is 0.907. The lowest BCUT2D eigenvalue weighted by Crippen LogP contribution is -2.01. The van der Waals surface area contributed by atoms with Gasteiger partial charge in [0.2, 0.25) is 0 Å². The highest BCUT2D eigenvalue weighted by molar-refractivity contribution is 6.33. The highest BCUT2D eigenvalue weighted by atomic mass is 35.5. The monoisotopic (exact) mass is 290 g/mol. The first-order valence-electron chi connectivity index (χ1n) is 5.95. The second-order valence-electron chi connectivity index (χ2n) is 4.25. The van der Waals surface area contributed by atoms with Gasteiger partial charge in [0.15, 0.2) is 0 Å². The van der Waals surface area contributed by atoms with E-state index in [9.17, 15) is 4.39 Å². The van der Waals surface area contributed by atoms with Crippen LogP contribution < -0.4 is 5.32 Å². The standard InChI is InChI=1S/C15H12ClFN2O/c16-13-3-1-11(9-20)6-15(13)19-8-10-2-4-14(17)12(5-10)7-18/h1-6,19-20H,8-9H2. The Bertz CT molecular complexity index is 667. The number of nitrogens with zero attached hydrogens (tertiary/aromatic N) is 1. The van der Waals surface area contributed by atoms with Crippen LogP contribution in [0.25, 0.3) is 0 Å². The van der Waals surface area contributed by atoms with E-state index < -0.39 is 5.82 Å². The second-order valence-corrected chi connectivity index (χ2v) is 4.66. The van der Waals surface area contributed by atoms with Crippen molar-refractivity contribution < 1.29 is 9.50 Å². The van der Waals surface area contributed by atoms with Crippen LogP contribution in [-0.4, -0.2) is 5.11 Å². The molecule has 0 aliphatic carbocycles. The van der Waals surface area contributed by atoms with E-state index in [0.29, 0.717) is 17.3 Å². The fourth-order valence-electron chi connectivity index (χ4n) is 1.77. The van der Waals surface area contributed by atoms with Gasteiger partial charge >= 0.3 is 0 Å².